The summed E-state index contributed by atoms with van der Waals surface area (Å²) in [6.45, 7) is 5.65. The third-order valence-electron chi connectivity index (χ3n) is 4.94. The molecule has 3 rings (SSSR count). The van der Waals surface area contributed by atoms with Gasteiger partial charge >= 0.3 is 6.03 Å². The maximum Gasteiger partial charge on any atom is 0.315 e. The molecule has 2 amide bonds. The summed E-state index contributed by atoms with van der Waals surface area (Å²) < 4.78 is 6.66. The van der Waals surface area contributed by atoms with Gasteiger partial charge in [-0.25, -0.2) is 4.79 Å². The fraction of sp³-hybridized carbons (Fsp3) is 0.611. The topological polar surface area (TPSA) is 53.6 Å². The Hall–Kier alpha value is -1.27. The number of rotatable bonds is 4. The molecule has 1 aromatic rings. The van der Waals surface area contributed by atoms with E-state index < -0.39 is 0 Å². The van der Waals surface area contributed by atoms with Crippen LogP contribution < -0.4 is 15.4 Å². The third kappa shape index (κ3) is 4.42. The highest BCUT2D eigenvalue weighted by Crippen LogP contribution is 2.33. The third-order valence-corrected chi connectivity index (χ3v) is 5.44. The number of ether oxygens (including phenoxy) is 1. The van der Waals surface area contributed by atoms with Crippen LogP contribution in [0.3, 0.4) is 0 Å². The number of halogens is 1. The molecule has 24 heavy (non-hydrogen) atoms. The predicted molar refractivity (Wildman–Crippen MR) is 98.4 cm³/mol. The Morgan fingerprint density at radius 1 is 1.38 bits per heavy atom. The summed E-state index contributed by atoms with van der Waals surface area (Å²) >= 11 is 3.49. The zero-order chi connectivity index (χ0) is 16.9. The monoisotopic (exact) mass is 395 g/mol. The first kappa shape index (κ1) is 17.5. The molecule has 132 valence electrons. The van der Waals surface area contributed by atoms with Crippen molar-refractivity contribution in [2.24, 2.45) is 0 Å². The molecular formula is C18H26BrN3O2. The molecule has 6 heteroatoms. The van der Waals surface area contributed by atoms with Gasteiger partial charge in [0.1, 0.15) is 5.75 Å². The molecule has 2 atom stereocenters. The van der Waals surface area contributed by atoms with Gasteiger partial charge in [-0.05, 0) is 44.5 Å². The number of carbonyl (C=O) groups excluding carboxylic acids is 1. The molecule has 0 aliphatic carbocycles. The van der Waals surface area contributed by atoms with Gasteiger partial charge in [0.2, 0.25) is 0 Å². The Bertz CT molecular complexity index is 581. The van der Waals surface area contributed by atoms with E-state index in [9.17, 15) is 4.79 Å². The van der Waals surface area contributed by atoms with Gasteiger partial charge in [-0.1, -0.05) is 22.4 Å². The summed E-state index contributed by atoms with van der Waals surface area (Å²) in [5.74, 6) is 0.858. The minimum atomic E-state index is -0.0995. The first-order valence-corrected chi connectivity index (χ1v) is 9.63. The molecular weight excluding hydrogens is 370 g/mol. The second-order valence-corrected chi connectivity index (χ2v) is 7.57. The summed E-state index contributed by atoms with van der Waals surface area (Å²) in [6.07, 6.45) is 4.65. The Balaban J connectivity index is 1.48. The van der Waals surface area contributed by atoms with Crippen molar-refractivity contribution in [3.8, 4) is 5.75 Å². The highest BCUT2D eigenvalue weighted by atomic mass is 79.9. The first-order valence-electron chi connectivity index (χ1n) is 8.84. The lowest BCUT2D eigenvalue weighted by molar-refractivity contribution is 0.161. The number of nitrogens with zero attached hydrogens (tertiary/aromatic N) is 1. The van der Waals surface area contributed by atoms with Gasteiger partial charge in [0.15, 0.2) is 0 Å². The summed E-state index contributed by atoms with van der Waals surface area (Å²) in [5.41, 5.74) is 1.04. The molecule has 5 nitrogen and oxygen atoms in total. The van der Waals surface area contributed by atoms with E-state index in [0.29, 0.717) is 19.2 Å². The number of nitrogens with one attached hydrogen (secondary N) is 2. The van der Waals surface area contributed by atoms with E-state index in [-0.39, 0.29) is 12.1 Å². The molecule has 0 bridgehead atoms. The van der Waals surface area contributed by atoms with E-state index in [1.165, 1.54) is 19.3 Å². The standard InChI is InChI=1S/C18H26BrN3O2/c1-13-4-2-3-9-22(13)10-8-20-18(23)21-16-7-11-24-17-6-5-14(19)12-15(16)17/h5-6,12-13,16H,2-4,7-11H2,1H3,(H2,20,21,23). The van der Waals surface area contributed by atoms with Gasteiger partial charge in [0.25, 0.3) is 0 Å². The molecule has 2 aliphatic heterocycles. The quantitative estimate of drug-likeness (QED) is 0.820. The Morgan fingerprint density at radius 2 is 2.25 bits per heavy atom. The zero-order valence-electron chi connectivity index (χ0n) is 14.2. The van der Waals surface area contributed by atoms with Crippen molar-refractivity contribution in [1.82, 2.24) is 15.5 Å². The van der Waals surface area contributed by atoms with E-state index in [0.717, 1.165) is 35.3 Å². The highest BCUT2D eigenvalue weighted by Gasteiger charge is 2.23. The van der Waals surface area contributed by atoms with Crippen LogP contribution >= 0.6 is 15.9 Å². The SMILES string of the molecule is CC1CCCCN1CCNC(=O)NC1CCOc2ccc(Br)cc21. The van der Waals surface area contributed by atoms with Crippen LogP contribution in [0.4, 0.5) is 4.79 Å². The van der Waals surface area contributed by atoms with Crippen molar-refractivity contribution in [2.75, 3.05) is 26.2 Å². The van der Waals surface area contributed by atoms with Crippen molar-refractivity contribution in [2.45, 2.75) is 44.7 Å². The van der Waals surface area contributed by atoms with Crippen LogP contribution in [0, 0.1) is 0 Å². The molecule has 1 fully saturated rings. The van der Waals surface area contributed by atoms with Gasteiger partial charge in [-0.15, -0.1) is 0 Å². The molecule has 2 aliphatic rings. The van der Waals surface area contributed by atoms with Crippen LogP contribution in [0.15, 0.2) is 22.7 Å². The van der Waals surface area contributed by atoms with Crippen LogP contribution in [-0.4, -0.2) is 43.2 Å². The Labute approximate surface area is 152 Å². The number of piperidine rings is 1. The summed E-state index contributed by atoms with van der Waals surface area (Å²) in [7, 11) is 0. The highest BCUT2D eigenvalue weighted by molar-refractivity contribution is 9.10. The van der Waals surface area contributed by atoms with Crippen LogP contribution in [0.5, 0.6) is 5.75 Å². The number of likely N-dealkylation sites (tertiary alicyclic amines) is 1. The smallest absolute Gasteiger partial charge is 0.315 e. The number of hydrogen-bond acceptors (Lipinski definition) is 3. The molecule has 1 aromatic carbocycles. The first-order chi connectivity index (χ1) is 11.6. The van der Waals surface area contributed by atoms with Crippen LogP contribution in [0.25, 0.3) is 0 Å². The van der Waals surface area contributed by atoms with Gasteiger partial charge in [-0.3, -0.25) is 4.90 Å². The van der Waals surface area contributed by atoms with Gasteiger partial charge < -0.3 is 15.4 Å². The van der Waals surface area contributed by atoms with Gasteiger partial charge in [0, 0.05) is 35.6 Å². The number of amides is 2. The van der Waals surface area contributed by atoms with Crippen molar-refractivity contribution >= 4 is 22.0 Å². The second kappa shape index (κ2) is 8.21. The fourth-order valence-electron chi connectivity index (χ4n) is 3.53. The van der Waals surface area contributed by atoms with E-state index >= 15 is 0 Å². The van der Waals surface area contributed by atoms with E-state index in [2.05, 4.69) is 38.4 Å². The second-order valence-electron chi connectivity index (χ2n) is 6.65. The predicted octanol–water partition coefficient (Wildman–Crippen LogP) is 3.45. The molecule has 0 radical (unpaired) electrons. The van der Waals surface area contributed by atoms with E-state index in [1.807, 2.05) is 18.2 Å². The van der Waals surface area contributed by atoms with Crippen molar-refractivity contribution in [3.05, 3.63) is 28.2 Å². The molecule has 1 saturated heterocycles. The number of urea groups is 1. The average Bonchev–Trinajstić information content (AvgIpc) is 2.57. The van der Waals surface area contributed by atoms with Crippen molar-refractivity contribution in [1.29, 1.82) is 0 Å². The lowest BCUT2D eigenvalue weighted by Crippen LogP contribution is -2.45. The van der Waals surface area contributed by atoms with Gasteiger partial charge in [-0.2, -0.15) is 0 Å². The number of carbonyl (C=O) groups is 1. The van der Waals surface area contributed by atoms with Gasteiger partial charge in [0.05, 0.1) is 12.6 Å². The number of hydrogen-bond donors (Lipinski definition) is 2. The molecule has 2 unspecified atom stereocenters. The average molecular weight is 396 g/mol. The number of fused-ring (bicyclic) bond motifs is 1. The molecule has 0 spiro atoms. The minimum Gasteiger partial charge on any atom is -0.493 e. The lowest BCUT2D eigenvalue weighted by Gasteiger charge is -2.33. The minimum absolute atomic E-state index is 0.000148. The summed E-state index contributed by atoms with van der Waals surface area (Å²) in [5, 5.41) is 6.08. The van der Waals surface area contributed by atoms with Crippen LogP contribution in [0.1, 0.15) is 44.2 Å². The lowest BCUT2D eigenvalue weighted by atomic mass is 10.0. The maximum absolute atomic E-state index is 12.2. The van der Waals surface area contributed by atoms with Crippen molar-refractivity contribution in [3.63, 3.8) is 0 Å². The summed E-state index contributed by atoms with van der Waals surface area (Å²) in [4.78, 5) is 14.7. The van der Waals surface area contributed by atoms with Crippen LogP contribution in [-0.2, 0) is 0 Å². The molecule has 2 N–H and O–H groups in total. The Morgan fingerprint density at radius 3 is 3.08 bits per heavy atom. The molecule has 0 saturated carbocycles. The number of benzene rings is 1. The van der Waals surface area contributed by atoms with Crippen molar-refractivity contribution < 1.29 is 9.53 Å². The normalized spacial score (nSPS) is 23.9. The van der Waals surface area contributed by atoms with E-state index in [1.54, 1.807) is 0 Å². The molecule has 2 heterocycles. The van der Waals surface area contributed by atoms with E-state index in [4.69, 9.17) is 4.74 Å². The zero-order valence-corrected chi connectivity index (χ0v) is 15.8. The van der Waals surface area contributed by atoms with Crippen LogP contribution in [0.2, 0.25) is 0 Å². The largest absolute Gasteiger partial charge is 0.493 e. The Kier molecular flexibility index (Phi) is 6.00. The fourth-order valence-corrected chi connectivity index (χ4v) is 3.91. The summed E-state index contributed by atoms with van der Waals surface area (Å²) in [6, 6.07) is 6.46. The molecule has 0 aromatic heterocycles. The maximum atomic E-state index is 12.2.